The standard InChI is InChI=1S/C15H15BrO4/c1-6-4-5-9(17)7(2)10(6)11-13(18)8(3)12(16)15(20)14(11)19/h4-5,17-20H,1-3H3. The monoisotopic (exact) mass is 338 g/mol. The Morgan fingerprint density at radius 1 is 0.750 bits per heavy atom. The van der Waals surface area contributed by atoms with Gasteiger partial charge in [0.2, 0.25) is 0 Å². The largest absolute Gasteiger partial charge is 0.508 e. The summed E-state index contributed by atoms with van der Waals surface area (Å²) in [6.45, 7) is 5.11. The Kier molecular flexibility index (Phi) is 3.56. The Hall–Kier alpha value is -1.88. The molecule has 0 atom stereocenters. The summed E-state index contributed by atoms with van der Waals surface area (Å²) < 4.78 is 0.242. The zero-order valence-electron chi connectivity index (χ0n) is 11.3. The van der Waals surface area contributed by atoms with Gasteiger partial charge < -0.3 is 20.4 Å². The highest BCUT2D eigenvalue weighted by Gasteiger charge is 2.24. The van der Waals surface area contributed by atoms with Gasteiger partial charge in [-0.1, -0.05) is 6.07 Å². The number of aromatic hydroxyl groups is 4. The van der Waals surface area contributed by atoms with E-state index < -0.39 is 5.75 Å². The molecule has 0 spiro atoms. The number of aryl methyl sites for hydroxylation is 1. The van der Waals surface area contributed by atoms with Crippen molar-refractivity contribution in [1.82, 2.24) is 0 Å². The first kappa shape index (κ1) is 14.5. The lowest BCUT2D eigenvalue weighted by Gasteiger charge is -2.17. The molecule has 4 nitrogen and oxygen atoms in total. The van der Waals surface area contributed by atoms with Crippen LogP contribution in [0.5, 0.6) is 23.0 Å². The molecule has 0 amide bonds. The maximum absolute atomic E-state index is 10.3. The summed E-state index contributed by atoms with van der Waals surface area (Å²) >= 11 is 3.12. The summed E-state index contributed by atoms with van der Waals surface area (Å²) in [5.41, 5.74) is 2.33. The smallest absolute Gasteiger partial charge is 0.173 e. The van der Waals surface area contributed by atoms with Crippen molar-refractivity contribution in [3.63, 3.8) is 0 Å². The van der Waals surface area contributed by atoms with Crippen molar-refractivity contribution in [3.8, 4) is 34.1 Å². The van der Waals surface area contributed by atoms with Gasteiger partial charge in [0.15, 0.2) is 11.5 Å². The lowest BCUT2D eigenvalue weighted by atomic mass is 9.92. The molecule has 4 N–H and O–H groups in total. The fourth-order valence-electron chi connectivity index (χ4n) is 2.26. The number of phenolic OH excluding ortho intramolecular Hbond substituents is 4. The van der Waals surface area contributed by atoms with Crippen LogP contribution < -0.4 is 0 Å². The summed E-state index contributed by atoms with van der Waals surface area (Å²) in [5, 5.41) is 40.2. The van der Waals surface area contributed by atoms with E-state index in [1.807, 2.05) is 0 Å². The van der Waals surface area contributed by atoms with E-state index in [-0.39, 0.29) is 27.3 Å². The molecule has 0 fully saturated rings. The van der Waals surface area contributed by atoms with Gasteiger partial charge in [0.25, 0.3) is 0 Å². The molecule has 0 aliphatic heterocycles. The van der Waals surface area contributed by atoms with Gasteiger partial charge >= 0.3 is 0 Å². The number of rotatable bonds is 1. The Labute approximate surface area is 125 Å². The molecule has 20 heavy (non-hydrogen) atoms. The van der Waals surface area contributed by atoms with Gasteiger partial charge in [0.05, 0.1) is 10.0 Å². The highest BCUT2D eigenvalue weighted by atomic mass is 79.9. The van der Waals surface area contributed by atoms with Crippen LogP contribution in [-0.2, 0) is 0 Å². The number of phenols is 4. The van der Waals surface area contributed by atoms with Crippen molar-refractivity contribution >= 4 is 15.9 Å². The van der Waals surface area contributed by atoms with Crippen LogP contribution in [-0.4, -0.2) is 20.4 Å². The molecule has 106 valence electrons. The molecular weight excluding hydrogens is 324 g/mol. The Balaban J connectivity index is 2.95. The predicted octanol–water partition coefficient (Wildman–Crippen LogP) is 3.86. The van der Waals surface area contributed by atoms with Crippen LogP contribution in [0.2, 0.25) is 0 Å². The quantitative estimate of drug-likeness (QED) is 0.470. The summed E-state index contributed by atoms with van der Waals surface area (Å²) in [4.78, 5) is 0. The summed E-state index contributed by atoms with van der Waals surface area (Å²) in [6.07, 6.45) is 0. The third-order valence-electron chi connectivity index (χ3n) is 3.49. The predicted molar refractivity (Wildman–Crippen MR) is 80.4 cm³/mol. The minimum Gasteiger partial charge on any atom is -0.508 e. The summed E-state index contributed by atoms with van der Waals surface area (Å²) in [6, 6.07) is 3.23. The van der Waals surface area contributed by atoms with E-state index in [4.69, 9.17) is 0 Å². The molecule has 0 radical (unpaired) electrons. The van der Waals surface area contributed by atoms with Crippen LogP contribution in [0.4, 0.5) is 0 Å². The third kappa shape index (κ3) is 1.98. The maximum Gasteiger partial charge on any atom is 0.173 e. The van der Waals surface area contributed by atoms with Crippen molar-refractivity contribution in [2.24, 2.45) is 0 Å². The maximum atomic E-state index is 10.3. The van der Waals surface area contributed by atoms with Gasteiger partial charge in [-0.25, -0.2) is 0 Å². The number of hydrogen-bond acceptors (Lipinski definition) is 4. The number of benzene rings is 2. The zero-order valence-corrected chi connectivity index (χ0v) is 12.9. The van der Waals surface area contributed by atoms with Crippen LogP contribution in [0.3, 0.4) is 0 Å². The van der Waals surface area contributed by atoms with Gasteiger partial charge in [-0.3, -0.25) is 0 Å². The molecule has 2 aromatic carbocycles. The van der Waals surface area contributed by atoms with Gasteiger partial charge in [0.1, 0.15) is 11.5 Å². The second kappa shape index (κ2) is 4.90. The summed E-state index contributed by atoms with van der Waals surface area (Å²) in [7, 11) is 0. The topological polar surface area (TPSA) is 80.9 Å². The van der Waals surface area contributed by atoms with E-state index in [9.17, 15) is 20.4 Å². The van der Waals surface area contributed by atoms with Crippen LogP contribution in [0.15, 0.2) is 16.6 Å². The molecule has 0 saturated heterocycles. The first-order valence-corrected chi connectivity index (χ1v) is 6.79. The van der Waals surface area contributed by atoms with Crippen molar-refractivity contribution in [2.45, 2.75) is 20.8 Å². The van der Waals surface area contributed by atoms with Gasteiger partial charge in [0, 0.05) is 5.56 Å². The SMILES string of the molecule is Cc1ccc(O)c(C)c1-c1c(O)c(C)c(Br)c(O)c1O. The highest BCUT2D eigenvalue weighted by molar-refractivity contribution is 9.10. The second-order valence-electron chi connectivity index (χ2n) is 4.76. The minimum absolute atomic E-state index is 0.0597. The van der Waals surface area contributed by atoms with Crippen molar-refractivity contribution in [1.29, 1.82) is 0 Å². The highest BCUT2D eigenvalue weighted by Crippen LogP contribution is 2.51. The van der Waals surface area contributed by atoms with Crippen LogP contribution in [0, 0.1) is 20.8 Å². The van der Waals surface area contributed by atoms with E-state index in [1.165, 1.54) is 0 Å². The molecule has 0 heterocycles. The fourth-order valence-corrected chi connectivity index (χ4v) is 2.64. The molecule has 2 rings (SSSR count). The van der Waals surface area contributed by atoms with E-state index in [2.05, 4.69) is 15.9 Å². The number of hydrogen-bond donors (Lipinski definition) is 4. The normalized spacial score (nSPS) is 10.8. The molecule has 5 heteroatoms. The average molecular weight is 339 g/mol. The van der Waals surface area contributed by atoms with Gasteiger partial charge in [-0.2, -0.15) is 0 Å². The molecule has 0 unspecified atom stereocenters. The molecule has 0 bridgehead atoms. The Morgan fingerprint density at radius 3 is 1.95 bits per heavy atom. The summed E-state index contributed by atoms with van der Waals surface area (Å²) in [5.74, 6) is -0.831. The number of halogens is 1. The first-order valence-electron chi connectivity index (χ1n) is 5.99. The van der Waals surface area contributed by atoms with E-state index >= 15 is 0 Å². The lowest BCUT2D eigenvalue weighted by molar-refractivity contribution is 0.395. The van der Waals surface area contributed by atoms with Crippen LogP contribution in [0.1, 0.15) is 16.7 Å². The Bertz CT molecular complexity index is 679. The molecule has 0 saturated carbocycles. The molecule has 0 aliphatic rings. The van der Waals surface area contributed by atoms with Crippen molar-refractivity contribution in [3.05, 3.63) is 33.3 Å². The van der Waals surface area contributed by atoms with E-state index in [0.717, 1.165) is 5.56 Å². The lowest BCUT2D eigenvalue weighted by Crippen LogP contribution is -1.93. The fraction of sp³-hybridized carbons (Fsp3) is 0.200. The first-order chi connectivity index (χ1) is 9.27. The molecular formula is C15H15BrO4. The third-order valence-corrected chi connectivity index (χ3v) is 4.46. The molecule has 2 aromatic rings. The van der Waals surface area contributed by atoms with E-state index in [0.29, 0.717) is 16.7 Å². The molecule has 0 aromatic heterocycles. The van der Waals surface area contributed by atoms with Gasteiger partial charge in [-0.15, -0.1) is 0 Å². The van der Waals surface area contributed by atoms with E-state index in [1.54, 1.807) is 32.9 Å². The average Bonchev–Trinajstić information content (AvgIpc) is 2.42. The van der Waals surface area contributed by atoms with Crippen LogP contribution in [0.25, 0.3) is 11.1 Å². The second-order valence-corrected chi connectivity index (χ2v) is 5.55. The van der Waals surface area contributed by atoms with Crippen molar-refractivity contribution < 1.29 is 20.4 Å². The van der Waals surface area contributed by atoms with Crippen molar-refractivity contribution in [2.75, 3.05) is 0 Å². The minimum atomic E-state index is -0.420. The zero-order chi connectivity index (χ0) is 15.2. The van der Waals surface area contributed by atoms with Crippen LogP contribution >= 0.6 is 15.9 Å². The Morgan fingerprint density at radius 2 is 1.35 bits per heavy atom. The van der Waals surface area contributed by atoms with Gasteiger partial charge in [-0.05, 0) is 59.5 Å². The molecule has 0 aliphatic carbocycles.